The number of H-pyrrole nitrogens is 1. The van der Waals surface area contributed by atoms with Gasteiger partial charge in [-0.15, -0.1) is 0 Å². The number of hydrogen-bond donors (Lipinski definition) is 2. The Balaban J connectivity index is 2.14. The van der Waals surface area contributed by atoms with Crippen molar-refractivity contribution in [2.45, 2.75) is 51.7 Å². The van der Waals surface area contributed by atoms with Gasteiger partial charge in [0.05, 0.1) is 11.7 Å². The van der Waals surface area contributed by atoms with Crippen LogP contribution in [0.1, 0.15) is 51.8 Å². The highest BCUT2D eigenvalue weighted by molar-refractivity contribution is 5.69. The van der Waals surface area contributed by atoms with Crippen molar-refractivity contribution in [1.29, 1.82) is 0 Å². The molecule has 0 bridgehead atoms. The molecule has 0 aliphatic carbocycles. The molecule has 0 aromatic carbocycles. The number of likely N-dealkylation sites (tertiary alicyclic amines) is 1. The molecule has 1 saturated heterocycles. The van der Waals surface area contributed by atoms with E-state index in [0.717, 1.165) is 25.0 Å². The first-order valence-electron chi connectivity index (χ1n) is 6.67. The van der Waals surface area contributed by atoms with Gasteiger partial charge in [-0.25, -0.2) is 9.78 Å². The molecule has 19 heavy (non-hydrogen) atoms. The Morgan fingerprint density at radius 2 is 2.26 bits per heavy atom. The fraction of sp³-hybridized carbons (Fsp3) is 0.692. The molecule has 106 valence electrons. The molecule has 0 spiro atoms. The lowest BCUT2D eigenvalue weighted by atomic mass is 10.0. The Labute approximate surface area is 113 Å². The number of carbonyl (C=O) groups excluding carboxylic acids is 1. The highest BCUT2D eigenvalue weighted by Gasteiger charge is 2.32. The minimum Gasteiger partial charge on any atom is -0.444 e. The van der Waals surface area contributed by atoms with Crippen molar-refractivity contribution in [2.75, 3.05) is 12.3 Å². The number of imidazole rings is 1. The minimum absolute atomic E-state index is 0.0443. The number of ether oxygens (including phenoxy) is 1. The summed E-state index contributed by atoms with van der Waals surface area (Å²) in [6, 6.07) is -0.0443. The van der Waals surface area contributed by atoms with E-state index in [2.05, 4.69) is 9.97 Å². The van der Waals surface area contributed by atoms with Gasteiger partial charge in [0.1, 0.15) is 5.60 Å². The largest absolute Gasteiger partial charge is 0.444 e. The van der Waals surface area contributed by atoms with Crippen LogP contribution in [0.5, 0.6) is 0 Å². The van der Waals surface area contributed by atoms with Gasteiger partial charge in [-0.05, 0) is 40.0 Å². The monoisotopic (exact) mass is 266 g/mol. The maximum Gasteiger partial charge on any atom is 0.410 e. The number of amides is 1. The summed E-state index contributed by atoms with van der Waals surface area (Å²) in [4.78, 5) is 21.1. The van der Waals surface area contributed by atoms with Crippen LogP contribution in [0.15, 0.2) is 6.20 Å². The van der Waals surface area contributed by atoms with E-state index in [9.17, 15) is 4.79 Å². The van der Waals surface area contributed by atoms with E-state index in [0.29, 0.717) is 12.5 Å². The third-order valence-electron chi connectivity index (χ3n) is 3.09. The first-order chi connectivity index (χ1) is 8.87. The van der Waals surface area contributed by atoms with Crippen LogP contribution in [0.4, 0.5) is 10.7 Å². The van der Waals surface area contributed by atoms with E-state index in [1.54, 1.807) is 11.1 Å². The Morgan fingerprint density at radius 3 is 2.84 bits per heavy atom. The average Bonchev–Trinajstić information content (AvgIpc) is 2.73. The average molecular weight is 266 g/mol. The molecule has 1 aromatic rings. The molecule has 1 aliphatic heterocycles. The highest BCUT2D eigenvalue weighted by Crippen LogP contribution is 2.31. The molecule has 3 N–H and O–H groups in total. The number of nitrogen functional groups attached to an aromatic ring is 1. The van der Waals surface area contributed by atoms with Crippen molar-refractivity contribution in [3.05, 3.63) is 11.9 Å². The SMILES string of the molecule is CC(C)(C)OC(=O)N1CCCC[C@H]1c1c[nH]c(N)n1. The van der Waals surface area contributed by atoms with Crippen molar-refractivity contribution >= 4 is 12.0 Å². The van der Waals surface area contributed by atoms with Gasteiger partial charge < -0.3 is 15.5 Å². The van der Waals surface area contributed by atoms with E-state index < -0.39 is 5.60 Å². The number of anilines is 1. The van der Waals surface area contributed by atoms with Gasteiger partial charge >= 0.3 is 6.09 Å². The quantitative estimate of drug-likeness (QED) is 0.817. The second kappa shape index (κ2) is 5.11. The summed E-state index contributed by atoms with van der Waals surface area (Å²) >= 11 is 0. The van der Waals surface area contributed by atoms with E-state index >= 15 is 0 Å². The van der Waals surface area contributed by atoms with Crippen LogP contribution >= 0.6 is 0 Å². The summed E-state index contributed by atoms with van der Waals surface area (Å²) in [5.74, 6) is 0.379. The van der Waals surface area contributed by atoms with E-state index in [-0.39, 0.29) is 12.1 Å². The van der Waals surface area contributed by atoms with Crippen molar-refractivity contribution < 1.29 is 9.53 Å². The fourth-order valence-electron chi connectivity index (χ4n) is 2.30. The number of carbonyl (C=O) groups is 1. The van der Waals surface area contributed by atoms with Crippen LogP contribution in [0.25, 0.3) is 0 Å². The number of rotatable bonds is 1. The number of hydrogen-bond acceptors (Lipinski definition) is 4. The summed E-state index contributed by atoms with van der Waals surface area (Å²) in [5, 5.41) is 0. The summed E-state index contributed by atoms with van der Waals surface area (Å²) in [6.45, 7) is 6.31. The maximum atomic E-state index is 12.2. The Hall–Kier alpha value is -1.72. The number of aromatic nitrogens is 2. The normalized spacial score (nSPS) is 20.4. The first-order valence-corrected chi connectivity index (χ1v) is 6.67. The van der Waals surface area contributed by atoms with E-state index in [4.69, 9.17) is 10.5 Å². The summed E-state index contributed by atoms with van der Waals surface area (Å²) in [5.41, 5.74) is 5.93. The summed E-state index contributed by atoms with van der Waals surface area (Å²) < 4.78 is 5.45. The molecule has 1 atom stereocenters. The van der Waals surface area contributed by atoms with Crippen LogP contribution in [0.2, 0.25) is 0 Å². The molecule has 0 saturated carbocycles. The molecule has 0 radical (unpaired) electrons. The van der Waals surface area contributed by atoms with Gasteiger partial charge in [0, 0.05) is 12.7 Å². The van der Waals surface area contributed by atoms with Crippen LogP contribution in [0, 0.1) is 0 Å². The molecule has 1 fully saturated rings. The van der Waals surface area contributed by atoms with Crippen LogP contribution < -0.4 is 5.73 Å². The lowest BCUT2D eigenvalue weighted by Crippen LogP contribution is -2.42. The third kappa shape index (κ3) is 3.39. The second-order valence-electron chi connectivity index (χ2n) is 5.90. The first kappa shape index (κ1) is 13.7. The maximum absolute atomic E-state index is 12.2. The van der Waals surface area contributed by atoms with Gasteiger partial charge in [-0.1, -0.05) is 0 Å². The van der Waals surface area contributed by atoms with Crippen LogP contribution in [-0.4, -0.2) is 33.1 Å². The van der Waals surface area contributed by atoms with Crippen molar-refractivity contribution in [1.82, 2.24) is 14.9 Å². The van der Waals surface area contributed by atoms with Gasteiger partial charge in [0.25, 0.3) is 0 Å². The number of aromatic amines is 1. The molecule has 2 rings (SSSR count). The minimum atomic E-state index is -0.482. The molecule has 6 nitrogen and oxygen atoms in total. The lowest BCUT2D eigenvalue weighted by molar-refractivity contribution is 0.00906. The highest BCUT2D eigenvalue weighted by atomic mass is 16.6. The molecule has 1 aromatic heterocycles. The predicted octanol–water partition coefficient (Wildman–Crippen LogP) is 2.45. The van der Waals surface area contributed by atoms with Crippen molar-refractivity contribution in [3.8, 4) is 0 Å². The molecular weight excluding hydrogens is 244 g/mol. The number of nitrogens with zero attached hydrogens (tertiary/aromatic N) is 2. The molecule has 0 unspecified atom stereocenters. The Morgan fingerprint density at radius 1 is 1.53 bits per heavy atom. The van der Waals surface area contributed by atoms with Crippen molar-refractivity contribution in [2.24, 2.45) is 0 Å². The molecule has 1 amide bonds. The summed E-state index contributed by atoms with van der Waals surface area (Å²) in [6.07, 6.45) is 4.46. The second-order valence-corrected chi connectivity index (χ2v) is 5.90. The zero-order valence-electron chi connectivity index (χ0n) is 11.8. The number of piperidine rings is 1. The standard InChI is InChI=1S/C13H22N4O2/c1-13(2,3)19-12(18)17-7-5-4-6-10(17)9-8-15-11(14)16-9/h8,10H,4-7H2,1-3H3,(H3,14,15,16)/t10-/m0/s1. The molecular formula is C13H22N4O2. The predicted molar refractivity (Wildman–Crippen MR) is 72.5 cm³/mol. The number of nitrogens with one attached hydrogen (secondary N) is 1. The molecule has 6 heteroatoms. The zero-order chi connectivity index (χ0) is 14.0. The van der Waals surface area contributed by atoms with Gasteiger partial charge in [0.2, 0.25) is 0 Å². The van der Waals surface area contributed by atoms with Gasteiger partial charge in [0.15, 0.2) is 5.95 Å². The number of nitrogens with two attached hydrogens (primary N) is 1. The molecule has 1 aliphatic rings. The van der Waals surface area contributed by atoms with E-state index in [1.807, 2.05) is 20.8 Å². The third-order valence-corrected chi connectivity index (χ3v) is 3.09. The smallest absolute Gasteiger partial charge is 0.410 e. The lowest BCUT2D eigenvalue weighted by Gasteiger charge is -2.35. The van der Waals surface area contributed by atoms with Gasteiger partial charge in [-0.2, -0.15) is 0 Å². The zero-order valence-corrected chi connectivity index (χ0v) is 11.8. The van der Waals surface area contributed by atoms with Gasteiger partial charge in [-0.3, -0.25) is 4.90 Å². The van der Waals surface area contributed by atoms with E-state index in [1.165, 1.54) is 0 Å². The van der Waals surface area contributed by atoms with Crippen LogP contribution in [0.3, 0.4) is 0 Å². The van der Waals surface area contributed by atoms with Crippen LogP contribution in [-0.2, 0) is 4.74 Å². The molecule has 2 heterocycles. The Bertz CT molecular complexity index is 450. The Kier molecular flexibility index (Phi) is 3.68. The van der Waals surface area contributed by atoms with Crippen molar-refractivity contribution in [3.63, 3.8) is 0 Å². The topological polar surface area (TPSA) is 84.2 Å². The fourth-order valence-corrected chi connectivity index (χ4v) is 2.30. The summed E-state index contributed by atoms with van der Waals surface area (Å²) in [7, 11) is 0.